The smallest absolute Gasteiger partial charge is 0.253 e. The van der Waals surface area contributed by atoms with E-state index in [0.717, 1.165) is 15.8 Å². The third-order valence-corrected chi connectivity index (χ3v) is 5.02. The number of carbonyl (C=O) groups excluding carboxylic acids is 2. The van der Waals surface area contributed by atoms with Crippen LogP contribution in [0, 0.1) is 0 Å². The summed E-state index contributed by atoms with van der Waals surface area (Å²) in [6.45, 7) is 0. The number of nitrogens with one attached hydrogen (secondary N) is 1. The van der Waals surface area contributed by atoms with Gasteiger partial charge in [-0.15, -0.1) is 0 Å². The third-order valence-electron chi connectivity index (χ3n) is 4.08. The molecule has 2 amide bonds. The quantitative estimate of drug-likeness (QED) is 0.688. The lowest BCUT2D eigenvalue weighted by atomic mass is 10.1. The standard InChI is InChI=1S/C20H21N3O4S/c1-23(2)19(25)13-7-5-6-12(8-13)9-18(24)22-20-21-14-10-15(26-3)16(27-4)11-17(14)28-20/h5-8,10-11H,9H2,1-4H3,(H,21,22,24). The maximum Gasteiger partial charge on any atom is 0.253 e. The zero-order valence-corrected chi connectivity index (χ0v) is 16.9. The number of methoxy groups -OCH3 is 2. The zero-order valence-electron chi connectivity index (χ0n) is 16.1. The molecule has 1 heterocycles. The first-order valence-electron chi connectivity index (χ1n) is 8.54. The van der Waals surface area contributed by atoms with Gasteiger partial charge in [-0.1, -0.05) is 23.5 Å². The summed E-state index contributed by atoms with van der Waals surface area (Å²) in [4.78, 5) is 30.4. The summed E-state index contributed by atoms with van der Waals surface area (Å²) in [6.07, 6.45) is 0.150. The van der Waals surface area contributed by atoms with Crippen molar-refractivity contribution >= 4 is 38.5 Å². The van der Waals surface area contributed by atoms with Gasteiger partial charge in [0.25, 0.3) is 5.91 Å². The van der Waals surface area contributed by atoms with Gasteiger partial charge in [0.2, 0.25) is 5.91 Å². The molecule has 1 aromatic heterocycles. The van der Waals surface area contributed by atoms with Gasteiger partial charge in [0.1, 0.15) is 0 Å². The maximum atomic E-state index is 12.4. The number of carbonyl (C=O) groups is 2. The second-order valence-electron chi connectivity index (χ2n) is 6.32. The van der Waals surface area contributed by atoms with Gasteiger partial charge in [0.15, 0.2) is 16.6 Å². The number of amides is 2. The minimum atomic E-state index is -0.201. The average molecular weight is 399 g/mol. The highest BCUT2D eigenvalue weighted by molar-refractivity contribution is 7.22. The lowest BCUT2D eigenvalue weighted by molar-refractivity contribution is -0.115. The monoisotopic (exact) mass is 399 g/mol. The molecule has 0 saturated heterocycles. The highest BCUT2D eigenvalue weighted by Crippen LogP contribution is 2.36. The van der Waals surface area contributed by atoms with Gasteiger partial charge in [0.05, 0.1) is 30.9 Å². The fraction of sp³-hybridized carbons (Fsp3) is 0.250. The van der Waals surface area contributed by atoms with Crippen LogP contribution in [0.3, 0.4) is 0 Å². The van der Waals surface area contributed by atoms with E-state index in [9.17, 15) is 9.59 Å². The van der Waals surface area contributed by atoms with Gasteiger partial charge in [-0.2, -0.15) is 0 Å². The average Bonchev–Trinajstić information content (AvgIpc) is 3.06. The van der Waals surface area contributed by atoms with E-state index in [-0.39, 0.29) is 18.2 Å². The van der Waals surface area contributed by atoms with Crippen LogP contribution in [0.5, 0.6) is 11.5 Å². The van der Waals surface area contributed by atoms with Crippen molar-refractivity contribution < 1.29 is 19.1 Å². The fourth-order valence-electron chi connectivity index (χ4n) is 2.73. The van der Waals surface area contributed by atoms with Crippen molar-refractivity contribution in [3.8, 4) is 11.5 Å². The van der Waals surface area contributed by atoms with Gasteiger partial charge in [-0.05, 0) is 17.7 Å². The van der Waals surface area contributed by atoms with Gasteiger partial charge in [0, 0.05) is 31.8 Å². The summed E-state index contributed by atoms with van der Waals surface area (Å²) >= 11 is 1.36. The number of anilines is 1. The summed E-state index contributed by atoms with van der Waals surface area (Å²) in [6, 6.07) is 10.7. The molecule has 0 atom stereocenters. The maximum absolute atomic E-state index is 12.4. The number of ether oxygens (including phenoxy) is 2. The van der Waals surface area contributed by atoms with Crippen molar-refractivity contribution in [1.29, 1.82) is 0 Å². The van der Waals surface area contributed by atoms with Crippen molar-refractivity contribution in [2.45, 2.75) is 6.42 Å². The molecular weight excluding hydrogens is 378 g/mol. The van der Waals surface area contributed by atoms with Crippen LogP contribution in [0.2, 0.25) is 0 Å². The molecule has 0 bridgehead atoms. The molecule has 3 rings (SSSR count). The van der Waals surface area contributed by atoms with Crippen LogP contribution in [0.15, 0.2) is 36.4 Å². The molecule has 7 nitrogen and oxygen atoms in total. The highest BCUT2D eigenvalue weighted by Gasteiger charge is 2.14. The molecule has 146 valence electrons. The van der Waals surface area contributed by atoms with E-state index in [2.05, 4.69) is 10.3 Å². The number of nitrogens with zero attached hydrogens (tertiary/aromatic N) is 2. The molecule has 28 heavy (non-hydrogen) atoms. The lowest BCUT2D eigenvalue weighted by Crippen LogP contribution is -2.22. The zero-order chi connectivity index (χ0) is 20.3. The molecule has 0 fully saturated rings. The predicted molar refractivity (Wildman–Crippen MR) is 110 cm³/mol. The third kappa shape index (κ3) is 4.23. The molecule has 0 aliphatic heterocycles. The van der Waals surface area contributed by atoms with E-state index >= 15 is 0 Å². The molecule has 8 heteroatoms. The van der Waals surface area contributed by atoms with Gasteiger partial charge < -0.3 is 19.7 Å². The molecule has 2 aromatic carbocycles. The largest absolute Gasteiger partial charge is 0.493 e. The van der Waals surface area contributed by atoms with Gasteiger partial charge in [-0.3, -0.25) is 9.59 Å². The first-order chi connectivity index (χ1) is 13.4. The van der Waals surface area contributed by atoms with E-state index in [4.69, 9.17) is 9.47 Å². The molecule has 0 unspecified atom stereocenters. The first-order valence-corrected chi connectivity index (χ1v) is 9.36. The number of fused-ring (bicyclic) bond motifs is 1. The Balaban J connectivity index is 1.75. The molecule has 0 spiro atoms. The molecule has 0 radical (unpaired) electrons. The van der Waals surface area contributed by atoms with Gasteiger partial charge in [-0.25, -0.2) is 4.98 Å². The first kappa shape index (κ1) is 19.6. The number of hydrogen-bond acceptors (Lipinski definition) is 6. The fourth-order valence-corrected chi connectivity index (χ4v) is 3.62. The van der Waals surface area contributed by atoms with E-state index in [1.165, 1.54) is 16.2 Å². The molecule has 0 aliphatic carbocycles. The van der Waals surface area contributed by atoms with Crippen LogP contribution in [0.25, 0.3) is 10.2 Å². The normalized spacial score (nSPS) is 10.6. The Morgan fingerprint density at radius 2 is 1.82 bits per heavy atom. The van der Waals surface area contributed by atoms with Crippen molar-refractivity contribution in [2.24, 2.45) is 0 Å². The van der Waals surface area contributed by atoms with Crippen molar-refractivity contribution in [3.63, 3.8) is 0 Å². The number of thiazole rings is 1. The predicted octanol–water partition coefficient (Wildman–Crippen LogP) is 3.20. The van der Waals surface area contributed by atoms with Crippen molar-refractivity contribution in [2.75, 3.05) is 33.6 Å². The number of rotatable bonds is 6. The number of benzene rings is 2. The minimum absolute atomic E-state index is 0.101. The number of hydrogen-bond donors (Lipinski definition) is 1. The molecule has 3 aromatic rings. The Kier molecular flexibility index (Phi) is 5.79. The second-order valence-corrected chi connectivity index (χ2v) is 7.35. The Morgan fingerprint density at radius 1 is 1.11 bits per heavy atom. The van der Waals surface area contributed by atoms with Crippen molar-refractivity contribution in [3.05, 3.63) is 47.5 Å². The van der Waals surface area contributed by atoms with E-state index in [1.54, 1.807) is 52.6 Å². The SMILES string of the molecule is COc1cc2nc(NC(=O)Cc3cccc(C(=O)N(C)C)c3)sc2cc1OC. The Hall–Kier alpha value is -3.13. The van der Waals surface area contributed by atoms with Crippen LogP contribution in [0.4, 0.5) is 5.13 Å². The topological polar surface area (TPSA) is 80.8 Å². The van der Waals surface area contributed by atoms with E-state index in [0.29, 0.717) is 22.2 Å². The van der Waals surface area contributed by atoms with Crippen LogP contribution in [-0.4, -0.2) is 50.0 Å². The van der Waals surface area contributed by atoms with Crippen molar-refractivity contribution in [1.82, 2.24) is 9.88 Å². The second kappa shape index (κ2) is 8.26. The van der Waals surface area contributed by atoms with E-state index in [1.807, 2.05) is 12.1 Å². The summed E-state index contributed by atoms with van der Waals surface area (Å²) in [5, 5.41) is 3.31. The summed E-state index contributed by atoms with van der Waals surface area (Å²) in [7, 11) is 6.52. The molecular formula is C20H21N3O4S. The van der Waals surface area contributed by atoms with Gasteiger partial charge >= 0.3 is 0 Å². The molecule has 0 aliphatic rings. The molecule has 1 N–H and O–H groups in total. The number of aromatic nitrogens is 1. The highest BCUT2D eigenvalue weighted by atomic mass is 32.1. The van der Waals surface area contributed by atoms with Crippen LogP contribution in [-0.2, 0) is 11.2 Å². The summed E-state index contributed by atoms with van der Waals surface area (Å²) in [5.41, 5.74) is 2.03. The summed E-state index contributed by atoms with van der Waals surface area (Å²) < 4.78 is 11.5. The Bertz CT molecular complexity index is 988. The Labute approximate surface area is 166 Å². The Morgan fingerprint density at radius 3 is 2.50 bits per heavy atom. The van der Waals surface area contributed by atoms with Crippen LogP contribution >= 0.6 is 11.3 Å². The lowest BCUT2D eigenvalue weighted by Gasteiger charge is -2.11. The molecule has 0 saturated carbocycles. The van der Waals surface area contributed by atoms with Crippen LogP contribution < -0.4 is 14.8 Å². The van der Waals surface area contributed by atoms with E-state index < -0.39 is 0 Å². The summed E-state index contributed by atoms with van der Waals surface area (Å²) in [5.74, 6) is 0.892. The minimum Gasteiger partial charge on any atom is -0.493 e. The van der Waals surface area contributed by atoms with Crippen LogP contribution in [0.1, 0.15) is 15.9 Å².